The van der Waals surface area contributed by atoms with Crippen LogP contribution in [0, 0.1) is 6.92 Å². The third-order valence-corrected chi connectivity index (χ3v) is 3.32. The van der Waals surface area contributed by atoms with Crippen molar-refractivity contribution in [2.45, 2.75) is 32.2 Å². The Balaban J connectivity index is 2.50. The lowest BCUT2D eigenvalue weighted by molar-refractivity contribution is 0.645. The lowest BCUT2D eigenvalue weighted by atomic mass is 10.2. The molecule has 0 aliphatic rings. The molecule has 1 aromatic rings. The lowest BCUT2D eigenvalue weighted by Crippen LogP contribution is -2.22. The van der Waals surface area contributed by atoms with E-state index in [-0.39, 0.29) is 5.38 Å². The summed E-state index contributed by atoms with van der Waals surface area (Å²) >= 11 is 12.1. The number of hydrogen-bond acceptors (Lipinski definition) is 2. The van der Waals surface area contributed by atoms with Crippen molar-refractivity contribution in [3.05, 3.63) is 16.4 Å². The second kappa shape index (κ2) is 5.73. The molecule has 0 fully saturated rings. The first-order valence-electron chi connectivity index (χ1n) is 5.09. The monoisotopic (exact) mass is 249 g/mol. The van der Waals surface area contributed by atoms with Crippen LogP contribution < -0.4 is 5.32 Å². The van der Waals surface area contributed by atoms with E-state index in [9.17, 15) is 0 Å². The molecule has 0 radical (unpaired) electrons. The Morgan fingerprint density at radius 2 is 2.20 bits per heavy atom. The van der Waals surface area contributed by atoms with Gasteiger partial charge in [0.15, 0.2) is 0 Å². The standard InChI is InChI=1S/C10H17Cl2N3/c1-4-8(11)5-13-6-9-7(2)14-15(3)10(9)12/h8,13H,4-6H2,1-3H3. The number of alkyl halides is 1. The molecule has 0 aliphatic heterocycles. The minimum Gasteiger partial charge on any atom is -0.311 e. The summed E-state index contributed by atoms with van der Waals surface area (Å²) in [5.74, 6) is 0. The quantitative estimate of drug-likeness (QED) is 0.813. The van der Waals surface area contributed by atoms with Gasteiger partial charge < -0.3 is 5.32 Å². The number of aromatic nitrogens is 2. The van der Waals surface area contributed by atoms with Gasteiger partial charge in [0.2, 0.25) is 0 Å². The van der Waals surface area contributed by atoms with Gasteiger partial charge in [0, 0.05) is 31.1 Å². The number of aryl methyl sites for hydroxylation is 2. The van der Waals surface area contributed by atoms with Crippen molar-refractivity contribution in [1.29, 1.82) is 0 Å². The average molecular weight is 250 g/mol. The van der Waals surface area contributed by atoms with E-state index < -0.39 is 0 Å². The summed E-state index contributed by atoms with van der Waals surface area (Å²) in [5.41, 5.74) is 2.02. The van der Waals surface area contributed by atoms with Crippen LogP contribution >= 0.6 is 23.2 Å². The van der Waals surface area contributed by atoms with Gasteiger partial charge in [0.05, 0.1) is 5.69 Å². The maximum atomic E-state index is 6.09. The van der Waals surface area contributed by atoms with Crippen molar-refractivity contribution in [3.8, 4) is 0 Å². The first kappa shape index (κ1) is 12.8. The summed E-state index contributed by atoms with van der Waals surface area (Å²) in [5, 5.41) is 8.40. The summed E-state index contributed by atoms with van der Waals surface area (Å²) in [4.78, 5) is 0. The molecular formula is C10H17Cl2N3. The van der Waals surface area contributed by atoms with Gasteiger partial charge in [0.1, 0.15) is 5.15 Å². The highest BCUT2D eigenvalue weighted by Gasteiger charge is 2.10. The van der Waals surface area contributed by atoms with Crippen molar-refractivity contribution in [2.24, 2.45) is 7.05 Å². The largest absolute Gasteiger partial charge is 0.311 e. The van der Waals surface area contributed by atoms with Crippen molar-refractivity contribution in [3.63, 3.8) is 0 Å². The minimum absolute atomic E-state index is 0.181. The van der Waals surface area contributed by atoms with Crippen LogP contribution in [0.3, 0.4) is 0 Å². The van der Waals surface area contributed by atoms with E-state index in [2.05, 4.69) is 17.3 Å². The molecule has 0 amide bonds. The van der Waals surface area contributed by atoms with E-state index in [1.807, 2.05) is 14.0 Å². The van der Waals surface area contributed by atoms with Gasteiger partial charge >= 0.3 is 0 Å². The Bertz CT molecular complexity index is 323. The van der Waals surface area contributed by atoms with Crippen LogP contribution in [0.1, 0.15) is 24.6 Å². The highest BCUT2D eigenvalue weighted by molar-refractivity contribution is 6.30. The molecule has 0 bridgehead atoms. The molecule has 0 aliphatic carbocycles. The van der Waals surface area contributed by atoms with Crippen molar-refractivity contribution < 1.29 is 0 Å². The third kappa shape index (κ3) is 3.37. The molecule has 0 spiro atoms. The van der Waals surface area contributed by atoms with E-state index in [0.29, 0.717) is 5.15 Å². The Hall–Kier alpha value is -0.250. The summed E-state index contributed by atoms with van der Waals surface area (Å²) < 4.78 is 1.69. The third-order valence-electron chi connectivity index (χ3n) is 2.38. The number of nitrogens with zero attached hydrogens (tertiary/aromatic N) is 2. The lowest BCUT2D eigenvalue weighted by Gasteiger charge is -2.08. The molecule has 1 heterocycles. The molecular weight excluding hydrogens is 233 g/mol. The molecule has 1 unspecified atom stereocenters. The highest BCUT2D eigenvalue weighted by atomic mass is 35.5. The summed E-state index contributed by atoms with van der Waals surface area (Å²) in [6.07, 6.45) is 0.967. The van der Waals surface area contributed by atoms with Crippen molar-refractivity contribution >= 4 is 23.2 Å². The Morgan fingerprint density at radius 1 is 1.53 bits per heavy atom. The van der Waals surface area contributed by atoms with E-state index in [4.69, 9.17) is 23.2 Å². The van der Waals surface area contributed by atoms with Crippen LogP contribution in [-0.2, 0) is 13.6 Å². The fraction of sp³-hybridized carbons (Fsp3) is 0.700. The zero-order valence-electron chi connectivity index (χ0n) is 9.35. The first-order valence-corrected chi connectivity index (χ1v) is 5.90. The van der Waals surface area contributed by atoms with Crippen LogP contribution in [0.25, 0.3) is 0 Å². The van der Waals surface area contributed by atoms with Crippen molar-refractivity contribution in [2.75, 3.05) is 6.54 Å². The minimum atomic E-state index is 0.181. The molecule has 1 N–H and O–H groups in total. The maximum absolute atomic E-state index is 6.09. The summed E-state index contributed by atoms with van der Waals surface area (Å²) in [7, 11) is 1.84. The normalized spacial score (nSPS) is 13.1. The maximum Gasteiger partial charge on any atom is 0.131 e. The van der Waals surface area contributed by atoms with Gasteiger partial charge in [0.25, 0.3) is 0 Å². The number of rotatable bonds is 5. The van der Waals surface area contributed by atoms with Crippen molar-refractivity contribution in [1.82, 2.24) is 15.1 Å². The second-order valence-corrected chi connectivity index (χ2v) is 4.59. The molecule has 86 valence electrons. The Morgan fingerprint density at radius 3 is 2.67 bits per heavy atom. The summed E-state index contributed by atoms with van der Waals surface area (Å²) in [6.45, 7) is 5.55. The molecule has 5 heteroatoms. The fourth-order valence-corrected chi connectivity index (χ4v) is 1.72. The number of nitrogens with one attached hydrogen (secondary N) is 1. The van der Waals surface area contributed by atoms with E-state index in [0.717, 1.165) is 30.8 Å². The molecule has 1 atom stereocenters. The van der Waals surface area contributed by atoms with Crippen LogP contribution in [0.4, 0.5) is 0 Å². The molecule has 3 nitrogen and oxygen atoms in total. The van der Waals surface area contributed by atoms with Gasteiger partial charge in [-0.15, -0.1) is 11.6 Å². The Labute approximate surface area is 101 Å². The molecule has 15 heavy (non-hydrogen) atoms. The molecule has 1 aromatic heterocycles. The fourth-order valence-electron chi connectivity index (χ4n) is 1.37. The summed E-state index contributed by atoms with van der Waals surface area (Å²) in [6, 6.07) is 0. The highest BCUT2D eigenvalue weighted by Crippen LogP contribution is 2.18. The first-order chi connectivity index (χ1) is 7.06. The van der Waals surface area contributed by atoms with Gasteiger partial charge in [-0.2, -0.15) is 5.10 Å². The molecule has 0 saturated heterocycles. The number of hydrogen-bond donors (Lipinski definition) is 1. The molecule has 0 saturated carbocycles. The zero-order valence-corrected chi connectivity index (χ0v) is 10.9. The Kier molecular flexibility index (Phi) is 4.90. The zero-order chi connectivity index (χ0) is 11.4. The van der Waals surface area contributed by atoms with Crippen LogP contribution in [0.2, 0.25) is 5.15 Å². The molecule has 0 aromatic carbocycles. The van der Waals surface area contributed by atoms with Gasteiger partial charge in [-0.1, -0.05) is 18.5 Å². The predicted octanol–water partition coefficient (Wildman–Crippen LogP) is 2.49. The van der Waals surface area contributed by atoms with Crippen LogP contribution in [0.5, 0.6) is 0 Å². The van der Waals surface area contributed by atoms with E-state index in [1.54, 1.807) is 4.68 Å². The van der Waals surface area contributed by atoms with Crippen LogP contribution in [-0.4, -0.2) is 21.7 Å². The van der Waals surface area contributed by atoms with Gasteiger partial charge in [-0.25, -0.2) is 0 Å². The number of halogens is 2. The predicted molar refractivity (Wildman–Crippen MR) is 64.6 cm³/mol. The topological polar surface area (TPSA) is 29.9 Å². The van der Waals surface area contributed by atoms with Gasteiger partial charge in [-0.05, 0) is 13.3 Å². The smallest absolute Gasteiger partial charge is 0.131 e. The second-order valence-electron chi connectivity index (χ2n) is 3.61. The average Bonchev–Trinajstić information content (AvgIpc) is 2.44. The van der Waals surface area contributed by atoms with E-state index >= 15 is 0 Å². The van der Waals surface area contributed by atoms with Gasteiger partial charge in [-0.3, -0.25) is 4.68 Å². The SMILES string of the molecule is CCC(Cl)CNCc1c(C)nn(C)c1Cl. The molecule has 1 rings (SSSR count). The van der Waals surface area contributed by atoms with Crippen LogP contribution in [0.15, 0.2) is 0 Å². The van der Waals surface area contributed by atoms with E-state index in [1.165, 1.54) is 0 Å².